The summed E-state index contributed by atoms with van der Waals surface area (Å²) in [5.74, 6) is -2.41. The third kappa shape index (κ3) is 3.35. The fourth-order valence-electron chi connectivity index (χ4n) is 2.74. The summed E-state index contributed by atoms with van der Waals surface area (Å²) in [6, 6.07) is 0. The van der Waals surface area contributed by atoms with Crippen molar-refractivity contribution in [3.05, 3.63) is 44.5 Å². The molecule has 10 heteroatoms. The summed E-state index contributed by atoms with van der Waals surface area (Å²) in [7, 11) is 0. The van der Waals surface area contributed by atoms with E-state index < -0.39 is 33.2 Å². The summed E-state index contributed by atoms with van der Waals surface area (Å²) in [6.45, 7) is 0. The Balaban J connectivity index is 0.00000243. The molecule has 26 heavy (non-hydrogen) atoms. The highest BCUT2D eigenvalue weighted by Gasteiger charge is 2.49. The summed E-state index contributed by atoms with van der Waals surface area (Å²) >= 11 is 23.7. The molecule has 0 radical (unpaired) electrons. The van der Waals surface area contributed by atoms with Crippen LogP contribution in [0.1, 0.15) is 12.8 Å². The highest BCUT2D eigenvalue weighted by molar-refractivity contribution is 6.61. The van der Waals surface area contributed by atoms with Gasteiger partial charge in [0.25, 0.3) is 5.78 Å². The van der Waals surface area contributed by atoms with Gasteiger partial charge in [0, 0.05) is 11.6 Å². The predicted octanol–water partition coefficient (Wildman–Crippen LogP) is -1.79. The van der Waals surface area contributed by atoms with E-state index in [0.29, 0.717) is 0 Å². The molecule has 3 rings (SSSR count). The molecule has 1 unspecified atom stereocenters. The summed E-state index contributed by atoms with van der Waals surface area (Å²) in [6.07, 6.45) is 3.87. The van der Waals surface area contributed by atoms with Gasteiger partial charge in [0.2, 0.25) is 11.6 Å². The van der Waals surface area contributed by atoms with Crippen molar-refractivity contribution in [3.8, 4) is 0 Å². The standard InChI is InChI=1S/C16H7Cl4NO4.ClH/c17-8-4-6(22)5-16(20,15(8)25)21-9-3-1-2-7-10(9)14(24)12(19)11(18)13(7)23;/h1-2,4H,3,5H2;1H. The zero-order valence-electron chi connectivity index (χ0n) is 12.7. The lowest BCUT2D eigenvalue weighted by molar-refractivity contribution is -0.505. The van der Waals surface area contributed by atoms with Crippen molar-refractivity contribution in [3.63, 3.8) is 0 Å². The van der Waals surface area contributed by atoms with E-state index in [4.69, 9.17) is 46.4 Å². The van der Waals surface area contributed by atoms with Crippen LogP contribution in [0.5, 0.6) is 0 Å². The summed E-state index contributed by atoms with van der Waals surface area (Å²) in [5, 5.41) is -1.09. The average molecular weight is 456 g/mol. The maximum Gasteiger partial charge on any atom is 0.307 e. The van der Waals surface area contributed by atoms with E-state index in [-0.39, 0.29) is 52.2 Å². The first kappa shape index (κ1) is 21.1. The maximum absolute atomic E-state index is 12.5. The normalized spacial score (nSPS) is 27.7. The van der Waals surface area contributed by atoms with Crippen LogP contribution in [0.3, 0.4) is 0 Å². The Labute approximate surface area is 173 Å². The minimum atomic E-state index is -1.84. The fraction of sp³-hybridized carbons (Fsp3) is 0.188. The maximum atomic E-state index is 12.5. The Morgan fingerprint density at radius 2 is 1.62 bits per heavy atom. The summed E-state index contributed by atoms with van der Waals surface area (Å²) in [5.41, 5.74) is 0.221. The molecule has 0 aliphatic heterocycles. The van der Waals surface area contributed by atoms with Gasteiger partial charge in [0.15, 0.2) is 11.5 Å². The monoisotopic (exact) mass is 453 g/mol. The second-order valence-corrected chi connectivity index (χ2v) is 7.36. The molecule has 0 saturated carbocycles. The highest BCUT2D eigenvalue weighted by Crippen LogP contribution is 2.33. The Hall–Kier alpha value is -1.24. The zero-order valence-corrected chi connectivity index (χ0v) is 16.4. The average Bonchev–Trinajstić information content (AvgIpc) is 2.55. The molecule has 3 aliphatic carbocycles. The largest absolute Gasteiger partial charge is 1.00 e. The molecule has 5 nitrogen and oxygen atoms in total. The third-order valence-electron chi connectivity index (χ3n) is 3.87. The van der Waals surface area contributed by atoms with Crippen LogP contribution < -0.4 is 17.4 Å². The van der Waals surface area contributed by atoms with E-state index in [2.05, 4.69) is 4.99 Å². The third-order valence-corrected chi connectivity index (χ3v) is 5.37. The molecule has 0 amide bonds. The smallest absolute Gasteiger partial charge is 0.307 e. The van der Waals surface area contributed by atoms with Gasteiger partial charge in [-0.15, -0.1) is 0 Å². The van der Waals surface area contributed by atoms with Crippen LogP contribution in [-0.2, 0) is 19.2 Å². The van der Waals surface area contributed by atoms with E-state index in [1.165, 1.54) is 6.08 Å². The van der Waals surface area contributed by atoms with Crippen LogP contribution in [0.25, 0.3) is 0 Å². The van der Waals surface area contributed by atoms with Crippen LogP contribution >= 0.6 is 46.4 Å². The van der Waals surface area contributed by atoms with Gasteiger partial charge in [0.1, 0.15) is 15.6 Å². The van der Waals surface area contributed by atoms with E-state index in [0.717, 1.165) is 6.08 Å². The number of carbonyl (C=O) groups excluding carboxylic acids is 4. The van der Waals surface area contributed by atoms with Crippen molar-refractivity contribution in [2.24, 2.45) is 0 Å². The lowest BCUT2D eigenvalue weighted by Crippen LogP contribution is -3.00. The molecular formula is C16H8Cl5NO4. The first-order valence-corrected chi connectivity index (χ1v) is 8.50. The molecular weight excluding hydrogens is 447 g/mol. The molecule has 0 saturated heterocycles. The van der Waals surface area contributed by atoms with Gasteiger partial charge >= 0.3 is 5.00 Å². The number of hydrogen-bond acceptors (Lipinski definition) is 4. The Morgan fingerprint density at radius 3 is 2.27 bits per heavy atom. The van der Waals surface area contributed by atoms with Crippen LogP contribution in [0.4, 0.5) is 0 Å². The van der Waals surface area contributed by atoms with Gasteiger partial charge in [-0.3, -0.25) is 19.2 Å². The minimum absolute atomic E-state index is 0. The van der Waals surface area contributed by atoms with Crippen molar-refractivity contribution >= 4 is 75.2 Å². The number of halogens is 5. The lowest BCUT2D eigenvalue weighted by Gasteiger charge is -2.22. The summed E-state index contributed by atoms with van der Waals surface area (Å²) < 4.78 is 0. The molecule has 0 aromatic rings. The Morgan fingerprint density at radius 1 is 1.00 bits per heavy atom. The number of allylic oxidation sites excluding steroid dienone is 7. The molecule has 0 heterocycles. The molecule has 0 spiro atoms. The lowest BCUT2D eigenvalue weighted by atomic mass is 9.85. The number of nitrogens with one attached hydrogen (secondary N) is 1. The van der Waals surface area contributed by atoms with Gasteiger partial charge < -0.3 is 12.4 Å². The highest BCUT2D eigenvalue weighted by atomic mass is 35.5. The van der Waals surface area contributed by atoms with Gasteiger partial charge in [-0.05, 0) is 11.6 Å². The van der Waals surface area contributed by atoms with Gasteiger partial charge in [-0.2, -0.15) is 0 Å². The van der Waals surface area contributed by atoms with Crippen molar-refractivity contribution in [2.45, 2.75) is 17.8 Å². The number of carbonyl (C=O) groups is 4. The molecule has 0 aromatic carbocycles. The van der Waals surface area contributed by atoms with Crippen LogP contribution in [0, 0.1) is 0 Å². The first-order chi connectivity index (χ1) is 11.7. The first-order valence-electron chi connectivity index (χ1n) is 6.99. The summed E-state index contributed by atoms with van der Waals surface area (Å²) in [4.78, 5) is 49.6. The second kappa shape index (κ2) is 7.41. The predicted molar refractivity (Wildman–Crippen MR) is 92.6 cm³/mol. The Bertz CT molecular complexity index is 925. The number of hydrogen-bond donors (Lipinski definition) is 1. The van der Waals surface area contributed by atoms with Crippen LogP contribution in [0.15, 0.2) is 44.5 Å². The molecule has 3 aliphatic rings. The van der Waals surface area contributed by atoms with Crippen molar-refractivity contribution in [1.29, 1.82) is 0 Å². The van der Waals surface area contributed by atoms with Crippen molar-refractivity contribution in [2.75, 3.05) is 0 Å². The molecule has 0 aromatic heterocycles. The van der Waals surface area contributed by atoms with Gasteiger partial charge in [-0.25, -0.2) is 4.99 Å². The van der Waals surface area contributed by atoms with Crippen molar-refractivity contribution < 1.29 is 36.6 Å². The molecule has 0 bridgehead atoms. The van der Waals surface area contributed by atoms with E-state index in [1.54, 1.807) is 6.08 Å². The number of Topliss-reactive ketones (excluding diaryl/α,β-unsaturated/α-hetero) is 3. The minimum Gasteiger partial charge on any atom is -1.00 e. The van der Waals surface area contributed by atoms with Gasteiger partial charge in [-0.1, -0.05) is 47.0 Å². The van der Waals surface area contributed by atoms with E-state index in [9.17, 15) is 19.2 Å². The van der Waals surface area contributed by atoms with Gasteiger partial charge in [0.05, 0.1) is 17.9 Å². The van der Waals surface area contributed by atoms with Crippen LogP contribution in [0.2, 0.25) is 0 Å². The van der Waals surface area contributed by atoms with E-state index >= 15 is 0 Å². The van der Waals surface area contributed by atoms with E-state index in [1.807, 2.05) is 0 Å². The molecule has 1 atom stereocenters. The number of rotatable bonds is 1. The quantitative estimate of drug-likeness (QED) is 0.288. The number of alkyl halides is 1. The fourth-order valence-corrected chi connectivity index (χ4v) is 3.79. The zero-order chi connectivity index (χ0) is 18.5. The SMILES string of the molecule is O=C1C=C(Cl)C(=O)C(Cl)([NH+]=C2CC=CC3=C2C(=O)C(Cl)=C(Cl)C3=O)C1.[Cl-]. The second-order valence-electron chi connectivity index (χ2n) is 5.55. The molecule has 1 N–H and O–H groups in total. The van der Waals surface area contributed by atoms with Crippen molar-refractivity contribution in [1.82, 2.24) is 0 Å². The molecule has 136 valence electrons. The van der Waals surface area contributed by atoms with Crippen LogP contribution in [-0.4, -0.2) is 33.8 Å². The Kier molecular flexibility index (Phi) is 6.00. The molecule has 0 fully saturated rings. The topological polar surface area (TPSA) is 82.2 Å². The number of ketones is 4.